The molecule has 1 heterocycles. The van der Waals surface area contributed by atoms with E-state index in [1.165, 1.54) is 6.07 Å². The van der Waals surface area contributed by atoms with Gasteiger partial charge in [0, 0.05) is 0 Å². The summed E-state index contributed by atoms with van der Waals surface area (Å²) < 4.78 is 5.45. The summed E-state index contributed by atoms with van der Waals surface area (Å²) >= 11 is 0. The Morgan fingerprint density at radius 2 is 2.11 bits per heavy atom. The third kappa shape index (κ3) is 4.61. The Balaban J connectivity index is 2.18. The van der Waals surface area contributed by atoms with Gasteiger partial charge < -0.3 is 30.3 Å². The predicted molar refractivity (Wildman–Crippen MR) is 103 cm³/mol. The number of hydrogen-bond donors (Lipinski definition) is 4. The molecule has 2 rings (SSSR count). The van der Waals surface area contributed by atoms with E-state index in [0.717, 1.165) is 6.54 Å². The van der Waals surface area contributed by atoms with Gasteiger partial charge >= 0.3 is 13.1 Å². The van der Waals surface area contributed by atoms with Crippen LogP contribution in [0.4, 0.5) is 0 Å². The second-order valence-electron chi connectivity index (χ2n) is 7.13. The molecule has 9 heteroatoms. The molecular formula is C18H28BN3O5. The lowest BCUT2D eigenvalue weighted by Crippen LogP contribution is -2.62. The van der Waals surface area contributed by atoms with Crippen LogP contribution in [0, 0.1) is 0 Å². The van der Waals surface area contributed by atoms with E-state index in [-0.39, 0.29) is 17.2 Å². The molecule has 27 heavy (non-hydrogen) atoms. The molecule has 0 fully saturated rings. The molecule has 148 valence electrons. The molecule has 1 unspecified atom stereocenters. The number of rotatable bonds is 8. The van der Waals surface area contributed by atoms with E-state index in [1.807, 2.05) is 25.9 Å². The van der Waals surface area contributed by atoms with Gasteiger partial charge in [-0.25, -0.2) is 4.79 Å². The number of likely N-dealkylation sites (N-methyl/N-ethyl adjacent to an activating group) is 1. The van der Waals surface area contributed by atoms with Crippen LogP contribution >= 0.6 is 0 Å². The molecule has 4 N–H and O–H groups in total. The van der Waals surface area contributed by atoms with Gasteiger partial charge in [0.2, 0.25) is 5.91 Å². The fourth-order valence-electron chi connectivity index (χ4n) is 3.30. The summed E-state index contributed by atoms with van der Waals surface area (Å²) in [6, 6.07) is 4.80. The van der Waals surface area contributed by atoms with Crippen LogP contribution in [0.2, 0.25) is 0 Å². The van der Waals surface area contributed by atoms with Gasteiger partial charge in [0.15, 0.2) is 0 Å². The van der Waals surface area contributed by atoms with Crippen LogP contribution in [0.5, 0.6) is 5.75 Å². The van der Waals surface area contributed by atoms with Crippen LogP contribution in [0.25, 0.3) is 0 Å². The first-order chi connectivity index (χ1) is 12.7. The number of hydrogen-bond acceptors (Lipinski definition) is 6. The zero-order valence-corrected chi connectivity index (χ0v) is 16.3. The molecule has 0 bridgehead atoms. The Labute approximate surface area is 160 Å². The zero-order valence-electron chi connectivity index (χ0n) is 16.3. The molecule has 1 aliphatic heterocycles. The summed E-state index contributed by atoms with van der Waals surface area (Å²) in [7, 11) is 4.33. The average molecular weight is 377 g/mol. The normalized spacial score (nSPS) is 18.4. The molecule has 8 nitrogen and oxygen atoms in total. The highest BCUT2D eigenvalue weighted by Crippen LogP contribution is 2.30. The lowest BCUT2D eigenvalue weighted by Gasteiger charge is -2.35. The highest BCUT2D eigenvalue weighted by molar-refractivity contribution is 6.47. The summed E-state index contributed by atoms with van der Waals surface area (Å²) in [5.74, 6) is -1.83. The van der Waals surface area contributed by atoms with Crippen molar-refractivity contribution < 1.29 is 24.4 Å². The van der Waals surface area contributed by atoms with Crippen LogP contribution in [0.1, 0.15) is 35.7 Å². The predicted octanol–water partition coefficient (Wildman–Crippen LogP) is 0.144. The van der Waals surface area contributed by atoms with Crippen molar-refractivity contribution in [1.82, 2.24) is 15.5 Å². The molecule has 0 saturated carbocycles. The molecule has 1 aliphatic rings. The number of aromatic carboxylic acids is 1. The van der Waals surface area contributed by atoms with Crippen LogP contribution in [-0.2, 0) is 11.2 Å². The summed E-state index contributed by atoms with van der Waals surface area (Å²) in [6.45, 7) is 2.67. The van der Waals surface area contributed by atoms with Crippen molar-refractivity contribution in [3.05, 3.63) is 29.3 Å². The van der Waals surface area contributed by atoms with Gasteiger partial charge in [-0.3, -0.25) is 4.79 Å². The van der Waals surface area contributed by atoms with Crippen molar-refractivity contribution in [2.45, 2.75) is 37.7 Å². The topological polar surface area (TPSA) is 111 Å². The third-order valence-electron chi connectivity index (χ3n) is 5.17. The van der Waals surface area contributed by atoms with Crippen LogP contribution in [-0.4, -0.2) is 73.2 Å². The lowest BCUT2D eigenvalue weighted by molar-refractivity contribution is -0.128. The fraction of sp³-hybridized carbons (Fsp3) is 0.556. The van der Waals surface area contributed by atoms with Crippen molar-refractivity contribution in [2.24, 2.45) is 0 Å². The Morgan fingerprint density at radius 3 is 2.67 bits per heavy atom. The van der Waals surface area contributed by atoms with Crippen LogP contribution in [0.15, 0.2) is 18.2 Å². The van der Waals surface area contributed by atoms with E-state index in [1.54, 1.807) is 19.2 Å². The Hall–Kier alpha value is -2.10. The van der Waals surface area contributed by atoms with Gasteiger partial charge in [0.25, 0.3) is 0 Å². The van der Waals surface area contributed by atoms with Crippen LogP contribution in [0.3, 0.4) is 0 Å². The maximum atomic E-state index is 13.0. The first kappa shape index (κ1) is 21.2. The van der Waals surface area contributed by atoms with Gasteiger partial charge in [-0.05, 0) is 58.6 Å². The third-order valence-corrected chi connectivity index (χ3v) is 5.17. The lowest BCUT2D eigenvalue weighted by atomic mass is 9.71. The van der Waals surface area contributed by atoms with E-state index in [2.05, 4.69) is 10.6 Å². The smallest absolute Gasteiger partial charge is 0.534 e. The van der Waals surface area contributed by atoms with Gasteiger partial charge in [0.1, 0.15) is 5.75 Å². The highest BCUT2D eigenvalue weighted by atomic mass is 16.5. The second kappa shape index (κ2) is 8.73. The summed E-state index contributed by atoms with van der Waals surface area (Å²) in [6.07, 6.45) is 1.50. The maximum Gasteiger partial charge on any atom is 0.547 e. The zero-order chi connectivity index (χ0) is 20.2. The Bertz CT molecular complexity index is 694. The number of nitrogens with zero attached hydrogens (tertiary/aromatic N) is 1. The minimum atomic E-state index is -1.32. The number of carbonyl (C=O) groups excluding carboxylic acids is 1. The Kier molecular flexibility index (Phi) is 6.86. The molecular weight excluding hydrogens is 349 g/mol. The second-order valence-corrected chi connectivity index (χ2v) is 7.13. The number of carboxylic acids is 1. The average Bonchev–Trinajstić information content (AvgIpc) is 2.62. The molecule has 1 aromatic rings. The standard InChI is InChI=1S/C18H28BN3O5/c1-5-18(20-2,9-10-22(3)4)17(25)21-14-11-12-7-6-8-13(16(23)24)15(12)27-19(14)26/h6-8,14,20,26H,5,9-11H2,1-4H3,(H,21,25)(H,23,24)/t14-,18?/m0/s1. The van der Waals surface area contributed by atoms with Gasteiger partial charge in [-0.1, -0.05) is 19.1 Å². The minimum absolute atomic E-state index is 0.000407. The van der Waals surface area contributed by atoms with Gasteiger partial charge in [-0.2, -0.15) is 0 Å². The van der Waals surface area contributed by atoms with Crippen molar-refractivity contribution in [1.29, 1.82) is 0 Å². The number of benzene rings is 1. The summed E-state index contributed by atoms with van der Waals surface area (Å²) in [5.41, 5.74) is -0.113. The highest BCUT2D eigenvalue weighted by Gasteiger charge is 2.42. The molecule has 0 aliphatic carbocycles. The molecule has 0 radical (unpaired) electrons. The van der Waals surface area contributed by atoms with Crippen LogP contribution < -0.4 is 15.3 Å². The quantitative estimate of drug-likeness (QED) is 0.477. The maximum absolute atomic E-state index is 13.0. The summed E-state index contributed by atoms with van der Waals surface area (Å²) in [4.78, 5) is 26.3. The van der Waals surface area contributed by atoms with Crippen molar-refractivity contribution in [2.75, 3.05) is 27.7 Å². The van der Waals surface area contributed by atoms with E-state index >= 15 is 0 Å². The number of carbonyl (C=O) groups is 2. The summed E-state index contributed by atoms with van der Waals surface area (Å²) in [5, 5.41) is 25.6. The first-order valence-corrected chi connectivity index (χ1v) is 9.08. The van der Waals surface area contributed by atoms with Gasteiger partial charge in [0.05, 0.1) is 17.0 Å². The van der Waals surface area contributed by atoms with E-state index < -0.39 is 24.6 Å². The Morgan fingerprint density at radius 1 is 1.41 bits per heavy atom. The number of para-hydroxylation sites is 1. The number of fused-ring (bicyclic) bond motifs is 1. The SMILES string of the molecule is CCC(CCN(C)C)(NC)C(=O)N[C@H]1Cc2cccc(C(=O)O)c2OB1O. The largest absolute Gasteiger partial charge is 0.547 e. The molecule has 2 atom stereocenters. The van der Waals surface area contributed by atoms with Gasteiger partial charge in [-0.15, -0.1) is 0 Å². The monoisotopic (exact) mass is 377 g/mol. The fourth-order valence-corrected chi connectivity index (χ4v) is 3.30. The van der Waals surface area contributed by atoms with E-state index in [9.17, 15) is 19.7 Å². The van der Waals surface area contributed by atoms with E-state index in [0.29, 0.717) is 24.8 Å². The molecule has 0 saturated heterocycles. The van der Waals surface area contributed by atoms with Crippen molar-refractivity contribution >= 4 is 19.0 Å². The van der Waals surface area contributed by atoms with Crippen molar-refractivity contribution in [3.63, 3.8) is 0 Å². The first-order valence-electron chi connectivity index (χ1n) is 9.08. The molecule has 0 spiro atoms. The molecule has 1 aromatic carbocycles. The molecule has 1 amide bonds. The number of carboxylic acid groups (broad SMARTS) is 1. The number of amides is 1. The van der Waals surface area contributed by atoms with E-state index in [4.69, 9.17) is 4.65 Å². The molecule has 0 aromatic heterocycles. The van der Waals surface area contributed by atoms with Crippen molar-refractivity contribution in [3.8, 4) is 5.75 Å². The minimum Gasteiger partial charge on any atom is -0.534 e. The number of nitrogens with one attached hydrogen (secondary N) is 2.